The largest absolute Gasteiger partial charge is 0.481 e. The molecule has 0 aliphatic carbocycles. The van der Waals surface area contributed by atoms with Crippen molar-refractivity contribution in [2.24, 2.45) is 17.8 Å². The SMILES string of the molecule is CC[C@H]1OC(=O)[C@H](C)[C@@H](O)[C@H](C)[C@@H](O[C@@H]2O[C@H](C)C[C@H](N(C)C)[C@H]2OCCC(=O)O)[C@](C)(O)C[C@@H](C)CN(C)[C@H](C)[C@@H](O)[C@]1(C)O. The highest BCUT2D eigenvalue weighted by atomic mass is 16.7. The smallest absolute Gasteiger partial charge is 0.311 e. The molecule has 2 rings (SSSR count). The third-order valence-electron chi connectivity index (χ3n) is 10.1. The fourth-order valence-corrected chi connectivity index (χ4v) is 7.19. The van der Waals surface area contributed by atoms with Gasteiger partial charge in [0.2, 0.25) is 0 Å². The van der Waals surface area contributed by atoms with Crippen LogP contribution in [-0.2, 0) is 28.5 Å². The quantitative estimate of drug-likeness (QED) is 0.236. The lowest BCUT2D eigenvalue weighted by atomic mass is 9.78. The van der Waals surface area contributed by atoms with Gasteiger partial charge in [0, 0.05) is 24.5 Å². The van der Waals surface area contributed by atoms with E-state index in [-0.39, 0.29) is 43.9 Å². The Hall–Kier alpha value is -1.42. The zero-order valence-corrected chi connectivity index (χ0v) is 29.8. The van der Waals surface area contributed by atoms with Crippen LogP contribution in [0.3, 0.4) is 0 Å². The molecule has 14 atom stereocenters. The summed E-state index contributed by atoms with van der Waals surface area (Å²) in [5, 5.41) is 55.6. The molecule has 0 aromatic rings. The second-order valence-electron chi connectivity index (χ2n) is 14.6. The molecule has 270 valence electrons. The predicted octanol–water partition coefficient (Wildman–Crippen LogP) is 1.47. The van der Waals surface area contributed by atoms with E-state index >= 15 is 0 Å². The number of aliphatic carboxylic acids is 1. The summed E-state index contributed by atoms with van der Waals surface area (Å²) in [4.78, 5) is 28.6. The molecule has 2 heterocycles. The van der Waals surface area contributed by atoms with Gasteiger partial charge in [-0.15, -0.1) is 0 Å². The van der Waals surface area contributed by atoms with Crippen LogP contribution in [0.5, 0.6) is 0 Å². The highest BCUT2D eigenvalue weighted by molar-refractivity contribution is 5.73. The van der Waals surface area contributed by atoms with Gasteiger partial charge in [0.05, 0.1) is 42.9 Å². The van der Waals surface area contributed by atoms with E-state index in [1.807, 2.05) is 44.8 Å². The monoisotopic (exact) mass is 662 g/mol. The molecule has 0 saturated carbocycles. The number of hydrogen-bond acceptors (Lipinski definition) is 12. The zero-order chi connectivity index (χ0) is 35.3. The van der Waals surface area contributed by atoms with E-state index in [1.165, 1.54) is 13.8 Å². The van der Waals surface area contributed by atoms with Gasteiger partial charge >= 0.3 is 11.9 Å². The fourth-order valence-electron chi connectivity index (χ4n) is 7.19. The fraction of sp³-hybridized carbons (Fsp3) is 0.939. The summed E-state index contributed by atoms with van der Waals surface area (Å²) in [5.41, 5.74) is -3.32. The summed E-state index contributed by atoms with van der Waals surface area (Å²) in [7, 11) is 5.61. The maximum Gasteiger partial charge on any atom is 0.311 e. The molecule has 5 N–H and O–H groups in total. The minimum atomic E-state index is -1.78. The summed E-state index contributed by atoms with van der Waals surface area (Å²) in [6.07, 6.45) is -5.85. The number of aliphatic hydroxyl groups is 4. The van der Waals surface area contributed by atoms with E-state index in [0.29, 0.717) is 13.0 Å². The van der Waals surface area contributed by atoms with Gasteiger partial charge in [-0.3, -0.25) is 9.59 Å². The lowest BCUT2D eigenvalue weighted by Gasteiger charge is -2.47. The van der Waals surface area contributed by atoms with Crippen molar-refractivity contribution < 1.29 is 54.1 Å². The Balaban J connectivity index is 2.57. The number of rotatable bonds is 8. The Morgan fingerprint density at radius 1 is 1.11 bits per heavy atom. The minimum absolute atomic E-state index is 0.0696. The average Bonchev–Trinajstić information content (AvgIpc) is 2.95. The lowest BCUT2D eigenvalue weighted by Crippen LogP contribution is -2.60. The summed E-state index contributed by atoms with van der Waals surface area (Å²) in [6, 6.07) is -0.721. The highest BCUT2D eigenvalue weighted by Crippen LogP contribution is 2.37. The number of carbonyl (C=O) groups is 2. The topological polar surface area (TPSA) is 179 Å². The minimum Gasteiger partial charge on any atom is -0.481 e. The van der Waals surface area contributed by atoms with E-state index in [9.17, 15) is 35.1 Å². The highest BCUT2D eigenvalue weighted by Gasteiger charge is 2.50. The van der Waals surface area contributed by atoms with Crippen LogP contribution in [0.25, 0.3) is 0 Å². The molecule has 2 fully saturated rings. The van der Waals surface area contributed by atoms with Crippen LogP contribution in [0, 0.1) is 17.8 Å². The van der Waals surface area contributed by atoms with Gasteiger partial charge < -0.3 is 54.3 Å². The molecule has 13 heteroatoms. The zero-order valence-electron chi connectivity index (χ0n) is 29.8. The van der Waals surface area contributed by atoms with Crippen LogP contribution in [0.15, 0.2) is 0 Å². The van der Waals surface area contributed by atoms with E-state index in [0.717, 1.165) is 0 Å². The molecule has 0 amide bonds. The van der Waals surface area contributed by atoms with Gasteiger partial charge in [0.15, 0.2) is 6.29 Å². The van der Waals surface area contributed by atoms with E-state index < -0.39 is 77.8 Å². The first-order valence-corrected chi connectivity index (χ1v) is 16.7. The van der Waals surface area contributed by atoms with Crippen molar-refractivity contribution in [3.8, 4) is 0 Å². The van der Waals surface area contributed by atoms with Crippen LogP contribution in [0.1, 0.15) is 81.1 Å². The Kier molecular flexibility index (Phi) is 14.9. The van der Waals surface area contributed by atoms with Crippen molar-refractivity contribution in [2.45, 2.75) is 147 Å². The summed E-state index contributed by atoms with van der Waals surface area (Å²) >= 11 is 0. The summed E-state index contributed by atoms with van der Waals surface area (Å²) in [6.45, 7) is 14.1. The van der Waals surface area contributed by atoms with E-state index in [2.05, 4.69) is 0 Å². The molecule has 0 aromatic carbocycles. The average molecular weight is 663 g/mol. The third kappa shape index (κ3) is 10.1. The van der Waals surface area contributed by atoms with Gasteiger partial charge in [-0.2, -0.15) is 0 Å². The van der Waals surface area contributed by atoms with Crippen LogP contribution >= 0.6 is 0 Å². The van der Waals surface area contributed by atoms with Crippen LogP contribution in [0.2, 0.25) is 0 Å². The van der Waals surface area contributed by atoms with Gasteiger partial charge in [0.25, 0.3) is 0 Å². The molecule has 13 nitrogen and oxygen atoms in total. The van der Waals surface area contributed by atoms with Crippen molar-refractivity contribution in [2.75, 3.05) is 34.3 Å². The predicted molar refractivity (Wildman–Crippen MR) is 171 cm³/mol. The number of aliphatic hydroxyl groups excluding tert-OH is 2. The Morgan fingerprint density at radius 3 is 2.26 bits per heavy atom. The van der Waals surface area contributed by atoms with Crippen molar-refractivity contribution in [1.82, 2.24) is 9.80 Å². The maximum absolute atomic E-state index is 13.4. The lowest BCUT2D eigenvalue weighted by molar-refractivity contribution is -0.306. The molecule has 0 spiro atoms. The molecule has 46 heavy (non-hydrogen) atoms. The van der Waals surface area contributed by atoms with Crippen molar-refractivity contribution in [3.05, 3.63) is 0 Å². The summed E-state index contributed by atoms with van der Waals surface area (Å²) < 4.78 is 24.7. The van der Waals surface area contributed by atoms with Gasteiger partial charge in [-0.1, -0.05) is 20.8 Å². The number of cyclic esters (lactones) is 1. The number of likely N-dealkylation sites (N-methyl/N-ethyl adjacent to an activating group) is 2. The number of carboxylic acids is 1. The normalized spacial score (nSPS) is 44.3. The van der Waals surface area contributed by atoms with Gasteiger partial charge in [-0.05, 0) is 80.9 Å². The second-order valence-corrected chi connectivity index (χ2v) is 14.6. The first-order valence-electron chi connectivity index (χ1n) is 16.7. The van der Waals surface area contributed by atoms with Crippen molar-refractivity contribution in [3.63, 3.8) is 0 Å². The van der Waals surface area contributed by atoms with E-state index in [4.69, 9.17) is 18.9 Å². The van der Waals surface area contributed by atoms with Crippen LogP contribution < -0.4 is 0 Å². The maximum atomic E-state index is 13.4. The molecule has 0 aromatic heterocycles. The number of carboxylic acid groups (broad SMARTS) is 1. The second kappa shape index (κ2) is 16.8. The molecule has 2 aliphatic heterocycles. The molecular weight excluding hydrogens is 600 g/mol. The molecular formula is C33H62N2O11. The number of carbonyl (C=O) groups excluding carboxylic acids is 1. The Bertz CT molecular complexity index is 979. The molecule has 0 radical (unpaired) electrons. The van der Waals surface area contributed by atoms with Crippen LogP contribution in [0.4, 0.5) is 0 Å². The molecule has 0 unspecified atom stereocenters. The third-order valence-corrected chi connectivity index (χ3v) is 10.1. The van der Waals surface area contributed by atoms with Crippen LogP contribution in [-0.4, -0.2) is 148 Å². The van der Waals surface area contributed by atoms with Gasteiger partial charge in [0.1, 0.15) is 23.9 Å². The van der Waals surface area contributed by atoms with E-state index in [1.54, 1.807) is 27.7 Å². The first-order chi connectivity index (χ1) is 21.1. The van der Waals surface area contributed by atoms with Crippen molar-refractivity contribution in [1.29, 1.82) is 0 Å². The number of ether oxygens (including phenoxy) is 4. The number of nitrogens with zero attached hydrogens (tertiary/aromatic N) is 2. The number of hydrogen-bond donors (Lipinski definition) is 5. The van der Waals surface area contributed by atoms with Crippen molar-refractivity contribution >= 4 is 11.9 Å². The summed E-state index contributed by atoms with van der Waals surface area (Å²) in [5.74, 6) is -3.80. The van der Waals surface area contributed by atoms with Gasteiger partial charge in [-0.25, -0.2) is 0 Å². The first kappa shape index (κ1) is 40.8. The molecule has 2 aliphatic rings. The Morgan fingerprint density at radius 2 is 1.72 bits per heavy atom. The standard InChI is InChI=1S/C33H62N2O11/c1-12-24-33(8,42)28(39)22(6)35(11)17-18(2)16-32(7,41)29(20(4)26(38)21(5)30(40)45-24)46-31-27(43-14-13-25(36)37)23(34(9)10)15-19(3)44-31/h18-24,26-29,31,38-39,41-42H,12-17H2,1-11H3,(H,36,37)/t18-,19-,20+,21-,22-,23+,24-,26+,27-,28-,29-,31+,32-,33-/m1/s1. The Labute approximate surface area is 275 Å². The number of esters is 1. The molecule has 2 saturated heterocycles. The molecule has 0 bridgehead atoms.